The van der Waals surface area contributed by atoms with Gasteiger partial charge in [0.1, 0.15) is 17.3 Å². The third kappa shape index (κ3) is 2.40. The summed E-state index contributed by atoms with van der Waals surface area (Å²) in [5, 5.41) is 4.44. The summed E-state index contributed by atoms with van der Waals surface area (Å²) in [5.41, 5.74) is 0.915. The summed E-state index contributed by atoms with van der Waals surface area (Å²) in [5.74, 6) is 2.22. The highest BCUT2D eigenvalue weighted by molar-refractivity contribution is 5.87. The van der Waals surface area contributed by atoms with Crippen molar-refractivity contribution >= 4 is 16.9 Å². The summed E-state index contributed by atoms with van der Waals surface area (Å²) in [6, 6.07) is 2.38. The van der Waals surface area contributed by atoms with E-state index in [1.54, 1.807) is 0 Å². The average molecular weight is 232 g/mol. The number of hydrogen-bond donors (Lipinski definition) is 2. The lowest BCUT2D eigenvalue weighted by Gasteiger charge is -2.13. The highest BCUT2D eigenvalue weighted by atomic mass is 15.1. The molecule has 4 heteroatoms. The quantitative estimate of drug-likeness (QED) is 0.850. The van der Waals surface area contributed by atoms with Gasteiger partial charge < -0.3 is 10.3 Å². The van der Waals surface area contributed by atoms with Gasteiger partial charge in [-0.05, 0) is 26.3 Å². The number of rotatable bonds is 4. The van der Waals surface area contributed by atoms with E-state index in [0.29, 0.717) is 12.0 Å². The smallest absolute Gasteiger partial charge is 0.143 e. The molecule has 2 aromatic rings. The van der Waals surface area contributed by atoms with Gasteiger partial charge in [-0.3, -0.25) is 0 Å². The van der Waals surface area contributed by atoms with Crippen LogP contribution < -0.4 is 5.32 Å². The minimum atomic E-state index is 0.368. The molecule has 4 nitrogen and oxygen atoms in total. The lowest BCUT2D eigenvalue weighted by Crippen LogP contribution is -2.13. The summed E-state index contributed by atoms with van der Waals surface area (Å²) in [6.07, 6.45) is 2.96. The van der Waals surface area contributed by atoms with E-state index in [0.717, 1.165) is 29.1 Å². The number of hydrogen-bond acceptors (Lipinski definition) is 3. The topological polar surface area (TPSA) is 53.6 Å². The number of nitrogens with one attached hydrogen (secondary N) is 2. The summed E-state index contributed by atoms with van der Waals surface area (Å²) < 4.78 is 0. The maximum Gasteiger partial charge on any atom is 0.143 e. The van der Waals surface area contributed by atoms with Crippen molar-refractivity contribution in [1.29, 1.82) is 0 Å². The molecule has 0 saturated heterocycles. The van der Waals surface area contributed by atoms with E-state index >= 15 is 0 Å². The van der Waals surface area contributed by atoms with Crippen molar-refractivity contribution in [3.63, 3.8) is 0 Å². The summed E-state index contributed by atoms with van der Waals surface area (Å²) in [6.45, 7) is 8.54. The van der Waals surface area contributed by atoms with Crippen LogP contribution >= 0.6 is 0 Å². The van der Waals surface area contributed by atoms with Gasteiger partial charge in [0.25, 0.3) is 0 Å². The second-order valence-corrected chi connectivity index (χ2v) is 4.78. The Morgan fingerprint density at radius 3 is 2.71 bits per heavy atom. The van der Waals surface area contributed by atoms with Crippen LogP contribution in [0.25, 0.3) is 11.0 Å². The van der Waals surface area contributed by atoms with Gasteiger partial charge in [0.15, 0.2) is 0 Å². The minimum absolute atomic E-state index is 0.368. The molecule has 92 valence electrons. The van der Waals surface area contributed by atoms with Crippen LogP contribution in [0.5, 0.6) is 0 Å². The maximum atomic E-state index is 4.64. The molecule has 0 fully saturated rings. The molecule has 2 rings (SSSR count). The number of nitrogens with zero attached hydrogens (tertiary/aromatic N) is 2. The Morgan fingerprint density at radius 2 is 2.06 bits per heavy atom. The molecule has 0 bridgehead atoms. The molecular weight excluding hydrogens is 212 g/mol. The number of aromatic amines is 1. The predicted molar refractivity (Wildman–Crippen MR) is 71.4 cm³/mol. The van der Waals surface area contributed by atoms with Gasteiger partial charge >= 0.3 is 0 Å². The first-order chi connectivity index (χ1) is 8.11. The first-order valence-electron chi connectivity index (χ1n) is 6.23. The molecule has 0 aliphatic carbocycles. The molecule has 0 saturated carbocycles. The van der Waals surface area contributed by atoms with Gasteiger partial charge in [0.2, 0.25) is 0 Å². The van der Waals surface area contributed by atoms with E-state index < -0.39 is 0 Å². The van der Waals surface area contributed by atoms with Crippen molar-refractivity contribution in [2.75, 3.05) is 5.32 Å². The minimum Gasteiger partial charge on any atom is -0.367 e. The van der Waals surface area contributed by atoms with Gasteiger partial charge in [-0.25, -0.2) is 9.97 Å². The van der Waals surface area contributed by atoms with Crippen LogP contribution in [0.1, 0.15) is 45.9 Å². The Hall–Kier alpha value is -1.58. The lowest BCUT2D eigenvalue weighted by atomic mass is 10.1. The number of aromatic nitrogens is 3. The van der Waals surface area contributed by atoms with Gasteiger partial charge in [0, 0.05) is 18.2 Å². The molecule has 0 spiro atoms. The van der Waals surface area contributed by atoms with E-state index in [-0.39, 0.29) is 0 Å². The zero-order valence-corrected chi connectivity index (χ0v) is 10.9. The number of anilines is 1. The molecule has 17 heavy (non-hydrogen) atoms. The van der Waals surface area contributed by atoms with Gasteiger partial charge in [-0.15, -0.1) is 0 Å². The molecule has 0 radical (unpaired) electrons. The number of H-pyrrole nitrogens is 1. The fraction of sp³-hybridized carbons (Fsp3) is 0.538. The molecule has 1 unspecified atom stereocenters. The second-order valence-electron chi connectivity index (χ2n) is 4.78. The molecule has 2 N–H and O–H groups in total. The van der Waals surface area contributed by atoms with Crippen molar-refractivity contribution < 1.29 is 0 Å². The first-order valence-corrected chi connectivity index (χ1v) is 6.23. The molecule has 0 aliphatic rings. The Labute approximate surface area is 102 Å². The van der Waals surface area contributed by atoms with Crippen molar-refractivity contribution in [2.45, 2.75) is 46.1 Å². The third-order valence-corrected chi connectivity index (χ3v) is 2.91. The third-order valence-electron chi connectivity index (χ3n) is 2.91. The molecule has 0 aromatic carbocycles. The average Bonchev–Trinajstić information content (AvgIpc) is 2.75. The molecule has 2 heterocycles. The molecule has 0 amide bonds. The highest BCUT2D eigenvalue weighted by Crippen LogP contribution is 2.24. The molecule has 1 atom stereocenters. The second kappa shape index (κ2) is 4.73. The summed E-state index contributed by atoms with van der Waals surface area (Å²) in [4.78, 5) is 12.4. The van der Waals surface area contributed by atoms with Crippen molar-refractivity contribution in [1.82, 2.24) is 15.0 Å². The van der Waals surface area contributed by atoms with Gasteiger partial charge in [-0.1, -0.05) is 13.8 Å². The highest BCUT2D eigenvalue weighted by Gasteiger charge is 2.13. The van der Waals surface area contributed by atoms with E-state index in [1.807, 2.05) is 12.3 Å². The van der Waals surface area contributed by atoms with Gasteiger partial charge in [0.05, 0.1) is 5.39 Å². The van der Waals surface area contributed by atoms with Crippen molar-refractivity contribution in [2.24, 2.45) is 0 Å². The standard InChI is InChI=1S/C13H20N4/c1-5-9(4)11-16-12-10(6-7-14-12)13(17-11)15-8(2)3/h6-9H,5H2,1-4H3,(H2,14,15,16,17). The fourth-order valence-corrected chi connectivity index (χ4v) is 1.74. The van der Waals surface area contributed by atoms with Crippen LogP contribution in [-0.2, 0) is 0 Å². The van der Waals surface area contributed by atoms with Crippen LogP contribution in [0, 0.1) is 0 Å². The first kappa shape index (κ1) is 11.9. The van der Waals surface area contributed by atoms with Crippen molar-refractivity contribution in [3.8, 4) is 0 Å². The molecule has 0 aliphatic heterocycles. The van der Waals surface area contributed by atoms with Crippen LogP contribution in [0.3, 0.4) is 0 Å². The fourth-order valence-electron chi connectivity index (χ4n) is 1.74. The van der Waals surface area contributed by atoms with Crippen LogP contribution in [-0.4, -0.2) is 21.0 Å². The van der Waals surface area contributed by atoms with Crippen LogP contribution in [0.2, 0.25) is 0 Å². The molecule has 2 aromatic heterocycles. The van der Waals surface area contributed by atoms with E-state index in [2.05, 4.69) is 48.0 Å². The van der Waals surface area contributed by atoms with Gasteiger partial charge in [-0.2, -0.15) is 0 Å². The Morgan fingerprint density at radius 1 is 1.29 bits per heavy atom. The summed E-state index contributed by atoms with van der Waals surface area (Å²) >= 11 is 0. The number of fused-ring (bicyclic) bond motifs is 1. The Kier molecular flexibility index (Phi) is 3.31. The summed E-state index contributed by atoms with van der Waals surface area (Å²) in [7, 11) is 0. The zero-order valence-electron chi connectivity index (χ0n) is 10.9. The SMILES string of the molecule is CCC(C)c1nc(NC(C)C)c2cc[nH]c2n1. The van der Waals surface area contributed by atoms with E-state index in [4.69, 9.17) is 0 Å². The largest absolute Gasteiger partial charge is 0.367 e. The normalized spacial score (nSPS) is 13.2. The Bertz CT molecular complexity index is 501. The zero-order chi connectivity index (χ0) is 12.4. The predicted octanol–water partition coefficient (Wildman–Crippen LogP) is 3.29. The lowest BCUT2D eigenvalue weighted by molar-refractivity contribution is 0.682. The maximum absolute atomic E-state index is 4.64. The van der Waals surface area contributed by atoms with E-state index in [1.165, 1.54) is 0 Å². The van der Waals surface area contributed by atoms with E-state index in [9.17, 15) is 0 Å². The molecular formula is C13H20N4. The Balaban J connectivity index is 2.50. The van der Waals surface area contributed by atoms with Crippen molar-refractivity contribution in [3.05, 3.63) is 18.1 Å². The van der Waals surface area contributed by atoms with Crippen LogP contribution in [0.15, 0.2) is 12.3 Å². The monoisotopic (exact) mass is 232 g/mol. The van der Waals surface area contributed by atoms with Crippen LogP contribution in [0.4, 0.5) is 5.82 Å².